The van der Waals surface area contributed by atoms with Crippen LogP contribution >= 0.6 is 11.6 Å². The van der Waals surface area contributed by atoms with Crippen LogP contribution in [0.1, 0.15) is 5.56 Å². The topological polar surface area (TPSA) is 70.2 Å². The van der Waals surface area contributed by atoms with Gasteiger partial charge in [-0.1, -0.05) is 54.1 Å². The van der Waals surface area contributed by atoms with Gasteiger partial charge in [0, 0.05) is 15.9 Å². The van der Waals surface area contributed by atoms with Gasteiger partial charge in [-0.25, -0.2) is 8.42 Å². The van der Waals surface area contributed by atoms with E-state index >= 15 is 0 Å². The van der Waals surface area contributed by atoms with Crippen molar-refractivity contribution in [2.24, 2.45) is 0 Å². The lowest BCUT2D eigenvalue weighted by molar-refractivity contribution is 0.282. The van der Waals surface area contributed by atoms with Gasteiger partial charge < -0.3 is 10.1 Å². The summed E-state index contributed by atoms with van der Waals surface area (Å²) in [5.41, 5.74) is 2.65. The van der Waals surface area contributed by atoms with Crippen molar-refractivity contribution < 1.29 is 13.5 Å². The van der Waals surface area contributed by atoms with E-state index in [4.69, 9.17) is 11.6 Å². The van der Waals surface area contributed by atoms with Crippen molar-refractivity contribution in [3.05, 3.63) is 83.4 Å². The predicted molar refractivity (Wildman–Crippen MR) is 107 cm³/mol. The number of aromatic nitrogens is 1. The molecule has 0 saturated heterocycles. The van der Waals surface area contributed by atoms with Gasteiger partial charge in [-0.2, -0.15) is 0 Å². The molecule has 0 fully saturated rings. The third kappa shape index (κ3) is 3.14. The van der Waals surface area contributed by atoms with Gasteiger partial charge in [0.1, 0.15) is 4.90 Å². The van der Waals surface area contributed by atoms with Crippen LogP contribution < -0.4 is 0 Å². The molecule has 0 spiro atoms. The molecule has 0 unspecified atom stereocenters. The van der Waals surface area contributed by atoms with Crippen LogP contribution in [-0.4, -0.2) is 18.5 Å². The Morgan fingerprint density at radius 1 is 0.926 bits per heavy atom. The number of fused-ring (bicyclic) bond motifs is 1. The van der Waals surface area contributed by atoms with Crippen LogP contribution in [0.15, 0.2) is 82.6 Å². The lowest BCUT2D eigenvalue weighted by Crippen LogP contribution is -2.03. The van der Waals surface area contributed by atoms with E-state index in [1.54, 1.807) is 30.3 Å². The molecule has 2 N–H and O–H groups in total. The molecule has 0 radical (unpaired) electrons. The van der Waals surface area contributed by atoms with Crippen LogP contribution in [0.2, 0.25) is 5.02 Å². The summed E-state index contributed by atoms with van der Waals surface area (Å²) < 4.78 is 27.0. The summed E-state index contributed by atoms with van der Waals surface area (Å²) in [6.07, 6.45) is 0. The Hall–Kier alpha value is -2.60. The second-order valence-electron chi connectivity index (χ2n) is 6.19. The Morgan fingerprint density at radius 2 is 1.63 bits per heavy atom. The molecule has 0 bridgehead atoms. The van der Waals surface area contributed by atoms with Gasteiger partial charge in [0.25, 0.3) is 0 Å². The Labute approximate surface area is 162 Å². The zero-order valence-corrected chi connectivity index (χ0v) is 15.8. The minimum absolute atomic E-state index is 0.141. The van der Waals surface area contributed by atoms with Crippen molar-refractivity contribution in [1.82, 2.24) is 4.98 Å². The number of rotatable bonds is 4. The SMILES string of the molecule is O=S(=O)(c1ccc(CO)cc1)c1c(-c2ccccc2)[nH]c2ccc(Cl)cc12. The summed E-state index contributed by atoms with van der Waals surface area (Å²) in [6.45, 7) is -0.141. The van der Waals surface area contributed by atoms with E-state index in [0.717, 1.165) is 5.56 Å². The van der Waals surface area contributed by atoms with Gasteiger partial charge in [0.15, 0.2) is 0 Å². The van der Waals surface area contributed by atoms with Crippen LogP contribution in [0.5, 0.6) is 0 Å². The molecule has 0 amide bonds. The number of sulfone groups is 1. The maximum absolute atomic E-state index is 13.5. The van der Waals surface area contributed by atoms with Crippen molar-refractivity contribution in [2.45, 2.75) is 16.4 Å². The molecule has 6 heteroatoms. The van der Waals surface area contributed by atoms with Crippen molar-refractivity contribution in [3.8, 4) is 11.3 Å². The lowest BCUT2D eigenvalue weighted by atomic mass is 10.1. The molecular weight excluding hydrogens is 382 g/mol. The second-order valence-corrected chi connectivity index (χ2v) is 8.51. The second kappa shape index (κ2) is 6.85. The molecule has 136 valence electrons. The smallest absolute Gasteiger partial charge is 0.209 e. The maximum atomic E-state index is 13.5. The molecule has 4 nitrogen and oxygen atoms in total. The normalized spacial score (nSPS) is 11.8. The van der Waals surface area contributed by atoms with Gasteiger partial charge in [-0.15, -0.1) is 0 Å². The van der Waals surface area contributed by atoms with Gasteiger partial charge in [0.2, 0.25) is 9.84 Å². The zero-order valence-electron chi connectivity index (χ0n) is 14.2. The Bertz CT molecular complexity index is 1210. The lowest BCUT2D eigenvalue weighted by Gasteiger charge is -2.08. The standard InChI is InChI=1S/C21H16ClNO3S/c22-16-8-11-19-18(12-16)21(20(23-19)15-4-2-1-3-5-15)27(25,26)17-9-6-14(13-24)7-10-17/h1-12,23-24H,13H2. The van der Waals surface area contributed by atoms with Crippen LogP contribution in [0, 0.1) is 0 Å². The summed E-state index contributed by atoms with van der Waals surface area (Å²) in [5, 5.41) is 10.2. The van der Waals surface area contributed by atoms with Gasteiger partial charge in [0.05, 0.1) is 17.2 Å². The Morgan fingerprint density at radius 3 is 2.30 bits per heavy atom. The number of benzene rings is 3. The largest absolute Gasteiger partial charge is 0.392 e. The predicted octanol–water partition coefficient (Wildman–Crippen LogP) is 4.81. The first-order valence-corrected chi connectivity index (χ1v) is 10.2. The number of aliphatic hydroxyl groups excluding tert-OH is 1. The summed E-state index contributed by atoms with van der Waals surface area (Å²) in [6, 6.07) is 20.7. The first kappa shape index (κ1) is 17.8. The van der Waals surface area contributed by atoms with Crippen LogP contribution in [-0.2, 0) is 16.4 Å². The van der Waals surface area contributed by atoms with Gasteiger partial charge in [-0.05, 0) is 41.5 Å². The van der Waals surface area contributed by atoms with E-state index < -0.39 is 9.84 Å². The minimum atomic E-state index is -3.81. The van der Waals surface area contributed by atoms with E-state index in [0.29, 0.717) is 27.2 Å². The van der Waals surface area contributed by atoms with Crippen molar-refractivity contribution in [2.75, 3.05) is 0 Å². The maximum Gasteiger partial charge on any atom is 0.209 e. The molecule has 1 aromatic heterocycles. The molecule has 27 heavy (non-hydrogen) atoms. The average molecular weight is 398 g/mol. The van der Waals surface area contributed by atoms with Crippen molar-refractivity contribution in [1.29, 1.82) is 0 Å². The van der Waals surface area contributed by atoms with Crippen LogP contribution in [0.3, 0.4) is 0 Å². The van der Waals surface area contributed by atoms with Crippen LogP contribution in [0.25, 0.3) is 22.2 Å². The molecule has 3 aromatic carbocycles. The monoisotopic (exact) mass is 397 g/mol. The number of nitrogens with one attached hydrogen (secondary N) is 1. The summed E-state index contributed by atoms with van der Waals surface area (Å²) in [5.74, 6) is 0. The molecule has 1 heterocycles. The number of aromatic amines is 1. The molecule has 0 aliphatic heterocycles. The van der Waals surface area contributed by atoms with E-state index in [9.17, 15) is 13.5 Å². The van der Waals surface area contributed by atoms with Gasteiger partial charge in [-0.3, -0.25) is 0 Å². The number of H-pyrrole nitrogens is 1. The van der Waals surface area contributed by atoms with Gasteiger partial charge >= 0.3 is 0 Å². The highest BCUT2D eigenvalue weighted by Gasteiger charge is 2.27. The first-order valence-electron chi connectivity index (χ1n) is 8.32. The van der Waals surface area contributed by atoms with E-state index in [2.05, 4.69) is 4.98 Å². The number of hydrogen-bond acceptors (Lipinski definition) is 3. The quantitative estimate of drug-likeness (QED) is 0.519. The van der Waals surface area contributed by atoms with E-state index in [1.807, 2.05) is 30.3 Å². The first-order chi connectivity index (χ1) is 13.0. The fraction of sp³-hybridized carbons (Fsp3) is 0.0476. The highest BCUT2D eigenvalue weighted by Crippen LogP contribution is 2.38. The third-order valence-corrected chi connectivity index (χ3v) is 6.55. The number of aliphatic hydroxyl groups is 1. The molecule has 0 aliphatic carbocycles. The molecule has 0 atom stereocenters. The van der Waals surface area contributed by atoms with Crippen molar-refractivity contribution >= 4 is 32.3 Å². The third-order valence-electron chi connectivity index (χ3n) is 4.46. The zero-order chi connectivity index (χ0) is 19.0. The number of hydrogen-bond donors (Lipinski definition) is 2. The average Bonchev–Trinajstić information content (AvgIpc) is 3.08. The highest BCUT2D eigenvalue weighted by molar-refractivity contribution is 7.91. The van der Waals surface area contributed by atoms with Crippen molar-refractivity contribution in [3.63, 3.8) is 0 Å². The summed E-state index contributed by atoms with van der Waals surface area (Å²) >= 11 is 6.15. The number of halogens is 1. The van der Waals surface area contributed by atoms with Crippen LogP contribution in [0.4, 0.5) is 0 Å². The Balaban J connectivity index is 2.02. The molecular formula is C21H16ClNO3S. The Kier molecular flexibility index (Phi) is 4.52. The highest BCUT2D eigenvalue weighted by atomic mass is 35.5. The fourth-order valence-corrected chi connectivity index (χ4v) is 4.92. The molecule has 0 saturated carbocycles. The fourth-order valence-electron chi connectivity index (χ4n) is 3.12. The van der Waals surface area contributed by atoms with E-state index in [1.165, 1.54) is 12.1 Å². The summed E-state index contributed by atoms with van der Waals surface area (Å²) in [4.78, 5) is 3.59. The minimum Gasteiger partial charge on any atom is -0.392 e. The molecule has 4 rings (SSSR count). The van der Waals surface area contributed by atoms with E-state index in [-0.39, 0.29) is 16.4 Å². The summed E-state index contributed by atoms with van der Waals surface area (Å²) in [7, 11) is -3.81. The molecule has 0 aliphatic rings. The molecule has 4 aromatic rings.